The lowest BCUT2D eigenvalue weighted by Gasteiger charge is -2.23. The predicted molar refractivity (Wildman–Crippen MR) is 116 cm³/mol. The van der Waals surface area contributed by atoms with E-state index in [1.165, 1.54) is 6.42 Å². The molecule has 2 amide bonds. The molecular weight excluding hydrogens is 390 g/mol. The van der Waals surface area contributed by atoms with Gasteiger partial charge in [-0.2, -0.15) is 0 Å². The van der Waals surface area contributed by atoms with Crippen molar-refractivity contribution in [3.05, 3.63) is 29.8 Å². The Bertz CT molecular complexity index is 732. The molecule has 3 N–H and O–H groups in total. The normalized spacial score (nSPS) is 14.0. The van der Waals surface area contributed by atoms with Crippen molar-refractivity contribution in [2.45, 2.75) is 64.3 Å². The minimum atomic E-state index is -0.411. The smallest absolute Gasteiger partial charge is 0.306 e. The highest BCUT2D eigenvalue weighted by atomic mass is 32.1. The van der Waals surface area contributed by atoms with Crippen molar-refractivity contribution in [3.8, 4) is 0 Å². The lowest BCUT2D eigenvalue weighted by molar-refractivity contribution is -0.144. The number of anilines is 1. The van der Waals surface area contributed by atoms with Crippen LogP contribution in [-0.4, -0.2) is 35.5 Å². The summed E-state index contributed by atoms with van der Waals surface area (Å²) in [6, 6.07) is 7.21. The van der Waals surface area contributed by atoms with E-state index in [9.17, 15) is 14.4 Å². The van der Waals surface area contributed by atoms with Gasteiger partial charge in [-0.05, 0) is 43.6 Å². The number of carbonyl (C=O) groups excluding carboxylic acids is 3. The van der Waals surface area contributed by atoms with Crippen LogP contribution in [0.1, 0.15) is 68.6 Å². The second-order valence-electron chi connectivity index (χ2n) is 7.08. The van der Waals surface area contributed by atoms with Gasteiger partial charge in [0.2, 0.25) is 5.91 Å². The molecule has 2 rings (SSSR count). The Balaban J connectivity index is 1.85. The summed E-state index contributed by atoms with van der Waals surface area (Å²) in [5.74, 6) is -0.960. The van der Waals surface area contributed by atoms with Crippen LogP contribution < -0.4 is 16.0 Å². The average molecular weight is 420 g/mol. The number of hydrogen-bond acceptors (Lipinski definition) is 5. The zero-order chi connectivity index (χ0) is 21.1. The van der Waals surface area contributed by atoms with Crippen molar-refractivity contribution >= 4 is 40.8 Å². The summed E-state index contributed by atoms with van der Waals surface area (Å²) >= 11 is 5.18. The maximum atomic E-state index is 12.7. The van der Waals surface area contributed by atoms with Gasteiger partial charge in [0.05, 0.1) is 24.3 Å². The number of hydrogen-bond donors (Lipinski definition) is 3. The number of carbonyl (C=O) groups is 3. The molecule has 1 aromatic carbocycles. The molecular formula is C21H29N3O4S. The van der Waals surface area contributed by atoms with Crippen LogP contribution in [-0.2, 0) is 14.3 Å². The third-order valence-corrected chi connectivity index (χ3v) is 4.84. The molecule has 1 fully saturated rings. The van der Waals surface area contributed by atoms with E-state index in [0.29, 0.717) is 17.9 Å². The van der Waals surface area contributed by atoms with Crippen LogP contribution in [0.15, 0.2) is 24.3 Å². The first-order valence-electron chi connectivity index (χ1n) is 10.2. The van der Waals surface area contributed by atoms with E-state index in [1.807, 2.05) is 6.92 Å². The first kappa shape index (κ1) is 22.8. The minimum Gasteiger partial charge on any atom is -0.466 e. The molecule has 0 radical (unpaired) electrons. The van der Waals surface area contributed by atoms with Gasteiger partial charge in [-0.3, -0.25) is 14.4 Å². The zero-order valence-electron chi connectivity index (χ0n) is 16.8. The summed E-state index contributed by atoms with van der Waals surface area (Å²) in [6.45, 7) is 2.25. The van der Waals surface area contributed by atoms with Gasteiger partial charge in [0.1, 0.15) is 0 Å². The molecule has 0 saturated heterocycles. The van der Waals surface area contributed by atoms with Crippen LogP contribution in [0.2, 0.25) is 0 Å². The summed E-state index contributed by atoms with van der Waals surface area (Å²) < 4.78 is 4.93. The Morgan fingerprint density at radius 3 is 2.55 bits per heavy atom. The van der Waals surface area contributed by atoms with Crippen molar-refractivity contribution in [2.75, 3.05) is 11.9 Å². The second kappa shape index (κ2) is 12.2. The summed E-state index contributed by atoms with van der Waals surface area (Å²) in [7, 11) is 0. The highest BCUT2D eigenvalue weighted by molar-refractivity contribution is 7.80. The van der Waals surface area contributed by atoms with E-state index < -0.39 is 5.97 Å². The summed E-state index contributed by atoms with van der Waals surface area (Å²) in [5.41, 5.74) is 0.992. The van der Waals surface area contributed by atoms with Gasteiger partial charge in [-0.25, -0.2) is 0 Å². The van der Waals surface area contributed by atoms with E-state index in [-0.39, 0.29) is 35.8 Å². The van der Waals surface area contributed by atoms with E-state index in [0.717, 1.165) is 32.1 Å². The molecule has 29 heavy (non-hydrogen) atoms. The number of amides is 2. The number of ether oxygens (including phenoxy) is 1. The van der Waals surface area contributed by atoms with Crippen molar-refractivity contribution in [1.82, 2.24) is 10.6 Å². The Morgan fingerprint density at radius 2 is 1.83 bits per heavy atom. The van der Waals surface area contributed by atoms with E-state index >= 15 is 0 Å². The number of nitrogens with one attached hydrogen (secondary N) is 3. The van der Waals surface area contributed by atoms with Gasteiger partial charge >= 0.3 is 5.97 Å². The number of rotatable bonds is 8. The molecule has 1 aliphatic rings. The molecule has 7 nitrogen and oxygen atoms in total. The van der Waals surface area contributed by atoms with E-state index in [4.69, 9.17) is 17.0 Å². The van der Waals surface area contributed by atoms with E-state index in [1.54, 1.807) is 24.3 Å². The number of esters is 1. The lowest BCUT2D eigenvalue weighted by atomic mass is 9.95. The molecule has 0 aromatic heterocycles. The molecule has 0 bridgehead atoms. The second-order valence-corrected chi connectivity index (χ2v) is 7.48. The van der Waals surface area contributed by atoms with Gasteiger partial charge < -0.3 is 20.7 Å². The Morgan fingerprint density at radius 1 is 1.10 bits per heavy atom. The quantitative estimate of drug-likeness (QED) is 0.442. The predicted octanol–water partition coefficient (Wildman–Crippen LogP) is 3.30. The van der Waals surface area contributed by atoms with Gasteiger partial charge in [0.15, 0.2) is 5.11 Å². The fourth-order valence-corrected chi connectivity index (χ4v) is 3.37. The van der Waals surface area contributed by atoms with Crippen molar-refractivity contribution < 1.29 is 19.1 Å². The molecule has 0 unspecified atom stereocenters. The molecule has 0 atom stereocenters. The largest absolute Gasteiger partial charge is 0.466 e. The molecule has 158 valence electrons. The number of thiocarbonyl (C=S) groups is 1. The van der Waals surface area contributed by atoms with Crippen molar-refractivity contribution in [1.29, 1.82) is 0 Å². The van der Waals surface area contributed by atoms with Gasteiger partial charge in [-0.1, -0.05) is 38.3 Å². The van der Waals surface area contributed by atoms with Crippen molar-refractivity contribution in [3.63, 3.8) is 0 Å². The maximum Gasteiger partial charge on any atom is 0.306 e. The summed E-state index contributed by atoms with van der Waals surface area (Å²) in [5, 5.41) is 8.59. The lowest BCUT2D eigenvalue weighted by Crippen LogP contribution is -2.37. The fraction of sp³-hybridized carbons (Fsp3) is 0.524. The monoisotopic (exact) mass is 419 g/mol. The number of benzene rings is 1. The molecule has 8 heteroatoms. The molecule has 1 saturated carbocycles. The molecule has 0 spiro atoms. The zero-order valence-corrected chi connectivity index (χ0v) is 17.6. The van der Waals surface area contributed by atoms with E-state index in [2.05, 4.69) is 16.0 Å². The molecule has 1 aromatic rings. The highest BCUT2D eigenvalue weighted by Gasteiger charge is 2.19. The Labute approximate surface area is 177 Å². The van der Waals surface area contributed by atoms with Gasteiger partial charge in [0.25, 0.3) is 5.91 Å². The van der Waals surface area contributed by atoms with Crippen molar-refractivity contribution in [2.24, 2.45) is 0 Å². The van der Waals surface area contributed by atoms with Crippen LogP contribution in [0.5, 0.6) is 0 Å². The number of para-hydroxylation sites is 1. The Hall–Kier alpha value is -2.48. The van der Waals surface area contributed by atoms with Crippen LogP contribution in [0, 0.1) is 0 Å². The molecule has 1 aliphatic carbocycles. The van der Waals surface area contributed by atoms with Crippen LogP contribution in [0.4, 0.5) is 5.69 Å². The average Bonchev–Trinajstić information content (AvgIpc) is 2.71. The first-order chi connectivity index (χ1) is 14.0. The topological polar surface area (TPSA) is 96.5 Å². The summed E-state index contributed by atoms with van der Waals surface area (Å²) in [4.78, 5) is 36.1. The third kappa shape index (κ3) is 8.19. The van der Waals surface area contributed by atoms with Crippen LogP contribution >= 0.6 is 12.2 Å². The maximum absolute atomic E-state index is 12.7. The Kier molecular flexibility index (Phi) is 9.56. The molecule has 0 aliphatic heterocycles. The fourth-order valence-electron chi connectivity index (χ4n) is 3.15. The van der Waals surface area contributed by atoms with Gasteiger partial charge in [0, 0.05) is 12.5 Å². The summed E-state index contributed by atoms with van der Waals surface area (Å²) in [6.07, 6.45) is 6.18. The van der Waals surface area contributed by atoms with Crippen LogP contribution in [0.25, 0.3) is 0 Å². The highest BCUT2D eigenvalue weighted by Crippen LogP contribution is 2.20. The standard InChI is InChI=1S/C21H29N3O4S/c1-2-14-28-19(26)13-12-18(25)24-21(29)23-17-11-7-6-10-16(17)20(27)22-15-8-4-3-5-9-15/h6-7,10-11,15H,2-5,8-9,12-14H2,1H3,(H,22,27)(H2,23,24,25,29). The first-order valence-corrected chi connectivity index (χ1v) is 10.6. The van der Waals surface area contributed by atoms with Gasteiger partial charge in [-0.15, -0.1) is 0 Å². The third-order valence-electron chi connectivity index (χ3n) is 4.64. The molecule has 0 heterocycles. The minimum absolute atomic E-state index is 0.00513. The van der Waals surface area contributed by atoms with Crippen LogP contribution in [0.3, 0.4) is 0 Å². The SMILES string of the molecule is CCCOC(=O)CCC(=O)NC(=S)Nc1ccccc1C(=O)NC1CCCCC1.